The lowest BCUT2D eigenvalue weighted by atomic mass is 10.2. The van der Waals surface area contributed by atoms with Crippen molar-refractivity contribution in [2.24, 2.45) is 0 Å². The number of nitrogens with zero attached hydrogens (tertiary/aromatic N) is 1. The maximum Gasteiger partial charge on any atom is 0.227 e. The largest absolute Gasteiger partial charge is 0.497 e. The van der Waals surface area contributed by atoms with E-state index in [0.29, 0.717) is 34.1 Å². The van der Waals surface area contributed by atoms with Crippen LogP contribution >= 0.6 is 0 Å². The van der Waals surface area contributed by atoms with Crippen molar-refractivity contribution < 1.29 is 18.3 Å². The SMILES string of the molecule is COc1cc(OC)cc(-c2nc3cc(F)ccc3o2)c1. The zero-order valence-corrected chi connectivity index (χ0v) is 11.0. The van der Waals surface area contributed by atoms with E-state index < -0.39 is 0 Å². The number of rotatable bonds is 3. The average molecular weight is 273 g/mol. The van der Waals surface area contributed by atoms with E-state index in [0.717, 1.165) is 0 Å². The molecule has 0 bridgehead atoms. The Balaban J connectivity index is 2.14. The Bertz CT molecular complexity index is 745. The molecular weight excluding hydrogens is 261 g/mol. The molecule has 20 heavy (non-hydrogen) atoms. The number of methoxy groups -OCH3 is 2. The van der Waals surface area contributed by atoms with Gasteiger partial charge in [0.2, 0.25) is 5.89 Å². The van der Waals surface area contributed by atoms with Gasteiger partial charge < -0.3 is 13.9 Å². The van der Waals surface area contributed by atoms with Crippen LogP contribution in [0.5, 0.6) is 11.5 Å². The first-order valence-electron chi connectivity index (χ1n) is 5.99. The lowest BCUT2D eigenvalue weighted by Gasteiger charge is -2.05. The second kappa shape index (κ2) is 4.85. The van der Waals surface area contributed by atoms with E-state index in [1.54, 1.807) is 38.5 Å². The molecule has 4 nitrogen and oxygen atoms in total. The second-order valence-corrected chi connectivity index (χ2v) is 4.23. The normalized spacial score (nSPS) is 10.8. The summed E-state index contributed by atoms with van der Waals surface area (Å²) in [6, 6.07) is 9.54. The minimum Gasteiger partial charge on any atom is -0.497 e. The highest BCUT2D eigenvalue weighted by atomic mass is 19.1. The molecule has 0 aliphatic rings. The number of benzene rings is 2. The second-order valence-electron chi connectivity index (χ2n) is 4.23. The van der Waals surface area contributed by atoms with Gasteiger partial charge in [-0.1, -0.05) is 0 Å². The fraction of sp³-hybridized carbons (Fsp3) is 0.133. The highest BCUT2D eigenvalue weighted by molar-refractivity contribution is 5.76. The van der Waals surface area contributed by atoms with Crippen LogP contribution < -0.4 is 9.47 Å². The van der Waals surface area contributed by atoms with Crippen LogP contribution in [-0.4, -0.2) is 19.2 Å². The number of hydrogen-bond donors (Lipinski definition) is 0. The standard InChI is InChI=1S/C15H12FNO3/c1-18-11-5-9(6-12(8-11)19-2)15-17-13-7-10(16)3-4-14(13)20-15/h3-8H,1-2H3. The van der Waals surface area contributed by atoms with E-state index in [2.05, 4.69) is 4.98 Å². The van der Waals surface area contributed by atoms with Crippen LogP contribution in [0, 0.1) is 5.82 Å². The molecule has 1 heterocycles. The third-order valence-electron chi connectivity index (χ3n) is 2.95. The summed E-state index contributed by atoms with van der Waals surface area (Å²) in [6.45, 7) is 0. The zero-order valence-electron chi connectivity index (χ0n) is 11.0. The summed E-state index contributed by atoms with van der Waals surface area (Å²) >= 11 is 0. The number of ether oxygens (including phenoxy) is 2. The van der Waals surface area contributed by atoms with Crippen molar-refractivity contribution in [2.75, 3.05) is 14.2 Å². The minimum absolute atomic E-state index is 0.347. The van der Waals surface area contributed by atoms with E-state index in [1.807, 2.05) is 0 Å². The van der Waals surface area contributed by atoms with Gasteiger partial charge in [-0.05, 0) is 24.3 Å². The summed E-state index contributed by atoms with van der Waals surface area (Å²) in [5.74, 6) is 1.31. The Morgan fingerprint density at radius 3 is 2.35 bits per heavy atom. The Kier molecular flexibility index (Phi) is 3.02. The van der Waals surface area contributed by atoms with Gasteiger partial charge in [-0.25, -0.2) is 9.37 Å². The molecule has 0 spiro atoms. The number of oxazole rings is 1. The molecule has 0 aliphatic carbocycles. The number of aromatic nitrogens is 1. The molecule has 3 aromatic rings. The van der Waals surface area contributed by atoms with Crippen molar-refractivity contribution in [1.29, 1.82) is 0 Å². The molecule has 5 heteroatoms. The number of fused-ring (bicyclic) bond motifs is 1. The average Bonchev–Trinajstić information content (AvgIpc) is 2.89. The molecule has 3 rings (SSSR count). The summed E-state index contributed by atoms with van der Waals surface area (Å²) in [5, 5.41) is 0. The summed E-state index contributed by atoms with van der Waals surface area (Å²) in [4.78, 5) is 4.28. The van der Waals surface area contributed by atoms with Gasteiger partial charge in [0, 0.05) is 17.7 Å². The van der Waals surface area contributed by atoms with Gasteiger partial charge in [0.05, 0.1) is 14.2 Å². The van der Waals surface area contributed by atoms with Crippen LogP contribution in [0.1, 0.15) is 0 Å². The third kappa shape index (κ3) is 2.18. The van der Waals surface area contributed by atoms with Crippen LogP contribution in [0.25, 0.3) is 22.6 Å². The molecule has 0 fully saturated rings. The van der Waals surface area contributed by atoms with Crippen LogP contribution in [0.3, 0.4) is 0 Å². The fourth-order valence-electron chi connectivity index (χ4n) is 1.95. The molecule has 2 aromatic carbocycles. The summed E-state index contributed by atoms with van der Waals surface area (Å²) in [6.07, 6.45) is 0. The van der Waals surface area contributed by atoms with Crippen LogP contribution in [0.15, 0.2) is 40.8 Å². The van der Waals surface area contributed by atoms with E-state index in [-0.39, 0.29) is 5.82 Å². The highest BCUT2D eigenvalue weighted by Gasteiger charge is 2.11. The smallest absolute Gasteiger partial charge is 0.227 e. The van der Waals surface area contributed by atoms with Crippen molar-refractivity contribution in [2.45, 2.75) is 0 Å². The van der Waals surface area contributed by atoms with Gasteiger partial charge in [-0.3, -0.25) is 0 Å². The van der Waals surface area contributed by atoms with Crippen molar-refractivity contribution in [1.82, 2.24) is 4.98 Å². The molecular formula is C15H12FNO3. The maximum atomic E-state index is 13.2. The van der Waals surface area contributed by atoms with Crippen LogP contribution in [0.2, 0.25) is 0 Å². The number of hydrogen-bond acceptors (Lipinski definition) is 4. The van der Waals surface area contributed by atoms with Crippen LogP contribution in [-0.2, 0) is 0 Å². The first-order chi connectivity index (χ1) is 9.69. The van der Waals surface area contributed by atoms with Crippen molar-refractivity contribution in [3.05, 3.63) is 42.2 Å². The predicted octanol–water partition coefficient (Wildman–Crippen LogP) is 3.65. The van der Waals surface area contributed by atoms with Gasteiger partial charge in [-0.2, -0.15) is 0 Å². The molecule has 0 amide bonds. The third-order valence-corrected chi connectivity index (χ3v) is 2.95. The molecule has 0 unspecified atom stereocenters. The van der Waals surface area contributed by atoms with Crippen molar-refractivity contribution >= 4 is 11.1 Å². The lowest BCUT2D eigenvalue weighted by Crippen LogP contribution is -1.88. The molecule has 0 saturated heterocycles. The lowest BCUT2D eigenvalue weighted by molar-refractivity contribution is 0.394. The zero-order chi connectivity index (χ0) is 14.1. The molecule has 0 N–H and O–H groups in total. The Labute approximate surface area is 114 Å². The molecule has 1 aromatic heterocycles. The first kappa shape index (κ1) is 12.5. The van der Waals surface area contributed by atoms with Crippen molar-refractivity contribution in [3.63, 3.8) is 0 Å². The molecule has 102 valence electrons. The quantitative estimate of drug-likeness (QED) is 0.730. The Morgan fingerprint density at radius 2 is 1.70 bits per heavy atom. The topological polar surface area (TPSA) is 44.5 Å². The van der Waals surface area contributed by atoms with Crippen molar-refractivity contribution in [3.8, 4) is 23.0 Å². The Morgan fingerprint density at radius 1 is 1.00 bits per heavy atom. The monoisotopic (exact) mass is 273 g/mol. The van der Waals surface area contributed by atoms with E-state index >= 15 is 0 Å². The highest BCUT2D eigenvalue weighted by Crippen LogP contribution is 2.31. The van der Waals surface area contributed by atoms with Gasteiger partial charge in [0.1, 0.15) is 22.8 Å². The van der Waals surface area contributed by atoms with E-state index in [4.69, 9.17) is 13.9 Å². The van der Waals surface area contributed by atoms with Gasteiger partial charge >= 0.3 is 0 Å². The molecule has 0 aliphatic heterocycles. The van der Waals surface area contributed by atoms with Crippen LogP contribution in [0.4, 0.5) is 4.39 Å². The number of halogens is 1. The molecule has 0 saturated carbocycles. The summed E-state index contributed by atoms with van der Waals surface area (Å²) < 4.78 is 29.2. The Hall–Kier alpha value is -2.56. The van der Waals surface area contributed by atoms with Gasteiger partial charge in [0.15, 0.2) is 5.58 Å². The van der Waals surface area contributed by atoms with Gasteiger partial charge in [0.25, 0.3) is 0 Å². The predicted molar refractivity (Wildman–Crippen MR) is 72.5 cm³/mol. The minimum atomic E-state index is -0.347. The fourth-order valence-corrected chi connectivity index (χ4v) is 1.95. The molecule has 0 atom stereocenters. The first-order valence-corrected chi connectivity index (χ1v) is 5.99. The maximum absolute atomic E-state index is 13.2. The van der Waals surface area contributed by atoms with Gasteiger partial charge in [-0.15, -0.1) is 0 Å². The van der Waals surface area contributed by atoms with E-state index in [9.17, 15) is 4.39 Å². The summed E-state index contributed by atoms with van der Waals surface area (Å²) in [7, 11) is 3.14. The van der Waals surface area contributed by atoms with E-state index in [1.165, 1.54) is 12.1 Å². The summed E-state index contributed by atoms with van der Waals surface area (Å²) in [5.41, 5.74) is 1.71. The molecule has 0 radical (unpaired) electrons.